The highest BCUT2D eigenvalue weighted by Gasteiger charge is 2.06. The van der Waals surface area contributed by atoms with Crippen LogP contribution in [0.2, 0.25) is 0 Å². The molecule has 1 saturated heterocycles. The molecule has 1 aliphatic rings. The van der Waals surface area contributed by atoms with E-state index in [0.29, 0.717) is 6.54 Å². The topological polar surface area (TPSA) is 110 Å². The van der Waals surface area contributed by atoms with Crippen LogP contribution >= 0.6 is 0 Å². The van der Waals surface area contributed by atoms with Crippen molar-refractivity contribution in [2.24, 2.45) is 0 Å². The molecule has 0 bridgehead atoms. The van der Waals surface area contributed by atoms with Crippen molar-refractivity contribution in [3.63, 3.8) is 0 Å². The van der Waals surface area contributed by atoms with Gasteiger partial charge in [-0.2, -0.15) is 0 Å². The summed E-state index contributed by atoms with van der Waals surface area (Å²) in [5.41, 5.74) is 0. The average molecular weight is 299 g/mol. The molecule has 1 fully saturated rings. The van der Waals surface area contributed by atoms with Crippen LogP contribution in [0.5, 0.6) is 0 Å². The molecule has 1 rings (SSSR count). The fourth-order valence-corrected chi connectivity index (χ4v) is 1.32. The number of hydrogen-bond donors (Lipinski definition) is 3. The quantitative estimate of drug-likeness (QED) is 0.422. The SMILES string of the molecule is CC(=O)N(C)CC#CCN1CCNCC1.O=C(O)C(=O)O. The first kappa shape index (κ1) is 18.9. The number of carbonyl (C=O) groups excluding carboxylic acids is 1. The smallest absolute Gasteiger partial charge is 0.414 e. The molecule has 0 aromatic rings. The minimum Gasteiger partial charge on any atom is -0.473 e. The van der Waals surface area contributed by atoms with E-state index in [1.165, 1.54) is 0 Å². The first-order chi connectivity index (χ1) is 9.84. The van der Waals surface area contributed by atoms with Crippen molar-refractivity contribution >= 4 is 17.8 Å². The van der Waals surface area contributed by atoms with E-state index in [4.69, 9.17) is 19.8 Å². The summed E-state index contributed by atoms with van der Waals surface area (Å²) >= 11 is 0. The Bertz CT molecular complexity index is 409. The highest BCUT2D eigenvalue weighted by atomic mass is 16.4. The number of nitrogens with zero attached hydrogens (tertiary/aromatic N) is 2. The molecule has 0 aromatic heterocycles. The summed E-state index contributed by atoms with van der Waals surface area (Å²) in [6, 6.07) is 0. The maximum atomic E-state index is 10.9. The van der Waals surface area contributed by atoms with E-state index in [1.807, 2.05) is 0 Å². The lowest BCUT2D eigenvalue weighted by molar-refractivity contribution is -0.159. The van der Waals surface area contributed by atoms with Crippen LogP contribution < -0.4 is 5.32 Å². The van der Waals surface area contributed by atoms with Crippen molar-refractivity contribution in [3.05, 3.63) is 0 Å². The van der Waals surface area contributed by atoms with Crippen LogP contribution in [0.1, 0.15) is 6.92 Å². The largest absolute Gasteiger partial charge is 0.473 e. The Kier molecular flexibility index (Phi) is 9.58. The molecular weight excluding hydrogens is 278 g/mol. The second-order valence-electron chi connectivity index (χ2n) is 4.37. The predicted molar refractivity (Wildman–Crippen MR) is 75.7 cm³/mol. The lowest BCUT2D eigenvalue weighted by Gasteiger charge is -2.24. The third kappa shape index (κ3) is 10.4. The van der Waals surface area contributed by atoms with Crippen LogP contribution in [0.25, 0.3) is 0 Å². The van der Waals surface area contributed by atoms with Gasteiger partial charge in [0.1, 0.15) is 0 Å². The number of amides is 1. The van der Waals surface area contributed by atoms with Crippen molar-refractivity contribution < 1.29 is 24.6 Å². The molecule has 0 spiro atoms. The van der Waals surface area contributed by atoms with Gasteiger partial charge in [-0.3, -0.25) is 9.69 Å². The molecule has 8 heteroatoms. The van der Waals surface area contributed by atoms with Gasteiger partial charge in [-0.25, -0.2) is 9.59 Å². The van der Waals surface area contributed by atoms with Crippen molar-refractivity contribution in [2.75, 3.05) is 46.3 Å². The lowest BCUT2D eigenvalue weighted by Crippen LogP contribution is -2.43. The first-order valence-electron chi connectivity index (χ1n) is 6.41. The summed E-state index contributed by atoms with van der Waals surface area (Å²) in [5.74, 6) is 2.52. The van der Waals surface area contributed by atoms with E-state index in [9.17, 15) is 4.79 Å². The Balaban J connectivity index is 0.000000567. The summed E-state index contributed by atoms with van der Waals surface area (Å²) in [5, 5.41) is 18.1. The molecule has 0 saturated carbocycles. The molecule has 0 unspecified atom stereocenters. The summed E-state index contributed by atoms with van der Waals surface area (Å²) in [6.07, 6.45) is 0. The Morgan fingerprint density at radius 1 is 1.14 bits per heavy atom. The normalized spacial score (nSPS) is 14.0. The maximum Gasteiger partial charge on any atom is 0.414 e. The lowest BCUT2D eigenvalue weighted by atomic mass is 10.3. The van der Waals surface area contributed by atoms with Crippen molar-refractivity contribution in [3.8, 4) is 11.8 Å². The van der Waals surface area contributed by atoms with Gasteiger partial charge in [-0.15, -0.1) is 0 Å². The average Bonchev–Trinajstić information content (AvgIpc) is 2.45. The molecule has 0 aromatic carbocycles. The summed E-state index contributed by atoms with van der Waals surface area (Å²) in [6.45, 7) is 7.13. The van der Waals surface area contributed by atoms with Crippen LogP contribution in [0.3, 0.4) is 0 Å². The van der Waals surface area contributed by atoms with Crippen molar-refractivity contribution in [1.29, 1.82) is 0 Å². The van der Waals surface area contributed by atoms with Gasteiger partial charge in [0.2, 0.25) is 5.91 Å². The number of aliphatic carboxylic acids is 2. The molecule has 8 nitrogen and oxygen atoms in total. The Morgan fingerprint density at radius 3 is 2.10 bits per heavy atom. The zero-order valence-corrected chi connectivity index (χ0v) is 12.3. The zero-order valence-electron chi connectivity index (χ0n) is 12.3. The molecule has 118 valence electrons. The van der Waals surface area contributed by atoms with Gasteiger partial charge in [0.25, 0.3) is 0 Å². The van der Waals surface area contributed by atoms with E-state index in [-0.39, 0.29) is 5.91 Å². The highest BCUT2D eigenvalue weighted by molar-refractivity contribution is 6.27. The summed E-state index contributed by atoms with van der Waals surface area (Å²) in [7, 11) is 1.77. The number of carboxylic acids is 2. The van der Waals surface area contributed by atoms with Gasteiger partial charge in [0.15, 0.2) is 0 Å². The van der Waals surface area contributed by atoms with Crippen LogP contribution in [-0.2, 0) is 14.4 Å². The molecule has 1 heterocycles. The molecule has 1 aliphatic heterocycles. The van der Waals surface area contributed by atoms with E-state index in [2.05, 4.69) is 22.1 Å². The number of hydrogen-bond acceptors (Lipinski definition) is 5. The number of carboxylic acid groups (broad SMARTS) is 2. The van der Waals surface area contributed by atoms with Gasteiger partial charge in [0.05, 0.1) is 13.1 Å². The van der Waals surface area contributed by atoms with E-state index in [1.54, 1.807) is 18.9 Å². The number of carbonyl (C=O) groups is 3. The molecule has 0 aliphatic carbocycles. The number of nitrogens with one attached hydrogen (secondary N) is 1. The second-order valence-corrected chi connectivity index (χ2v) is 4.37. The number of rotatable bonds is 2. The molecule has 3 N–H and O–H groups in total. The Morgan fingerprint density at radius 2 is 1.67 bits per heavy atom. The van der Waals surface area contributed by atoms with Crippen LogP contribution in [0.4, 0.5) is 0 Å². The molecular formula is C13H21N3O5. The fourth-order valence-electron chi connectivity index (χ4n) is 1.32. The first-order valence-corrected chi connectivity index (χ1v) is 6.41. The second kappa shape index (κ2) is 10.7. The van der Waals surface area contributed by atoms with Crippen LogP contribution in [0.15, 0.2) is 0 Å². The fraction of sp³-hybridized carbons (Fsp3) is 0.615. The van der Waals surface area contributed by atoms with Gasteiger partial charge in [-0.05, 0) is 0 Å². The van der Waals surface area contributed by atoms with E-state index >= 15 is 0 Å². The third-order valence-corrected chi connectivity index (χ3v) is 2.67. The van der Waals surface area contributed by atoms with Gasteiger partial charge in [0, 0.05) is 40.2 Å². The molecule has 21 heavy (non-hydrogen) atoms. The summed E-state index contributed by atoms with van der Waals surface area (Å²) in [4.78, 5) is 33.0. The summed E-state index contributed by atoms with van der Waals surface area (Å²) < 4.78 is 0. The van der Waals surface area contributed by atoms with E-state index in [0.717, 1.165) is 32.7 Å². The van der Waals surface area contributed by atoms with E-state index < -0.39 is 11.9 Å². The third-order valence-electron chi connectivity index (χ3n) is 2.67. The standard InChI is InChI=1S/C11H19N3O.C2H2O4/c1-11(15)13(2)7-3-4-8-14-9-5-12-6-10-14;3-1(4)2(5)6/h12H,5-10H2,1-2H3;(H,3,4)(H,5,6). The Labute approximate surface area is 123 Å². The van der Waals surface area contributed by atoms with Crippen molar-refractivity contribution in [2.45, 2.75) is 6.92 Å². The van der Waals surface area contributed by atoms with Crippen LogP contribution in [-0.4, -0.2) is 84.2 Å². The highest BCUT2D eigenvalue weighted by Crippen LogP contribution is 1.89. The minimum absolute atomic E-state index is 0.0615. The van der Waals surface area contributed by atoms with Gasteiger partial charge in [-0.1, -0.05) is 11.8 Å². The van der Waals surface area contributed by atoms with Gasteiger partial charge < -0.3 is 20.4 Å². The van der Waals surface area contributed by atoms with Crippen LogP contribution in [0, 0.1) is 11.8 Å². The van der Waals surface area contributed by atoms with Gasteiger partial charge >= 0.3 is 11.9 Å². The monoisotopic (exact) mass is 299 g/mol. The maximum absolute atomic E-state index is 10.9. The zero-order chi connectivity index (χ0) is 16.3. The predicted octanol–water partition coefficient (Wildman–Crippen LogP) is -1.47. The Hall–Kier alpha value is -2.11. The molecule has 0 atom stereocenters. The number of piperazine rings is 1. The molecule has 1 amide bonds. The minimum atomic E-state index is -1.82. The molecule has 0 radical (unpaired) electrons. The van der Waals surface area contributed by atoms with Crippen molar-refractivity contribution in [1.82, 2.24) is 15.1 Å².